The maximum Gasteiger partial charge on any atom is 0.0674 e. The molecule has 4 fully saturated rings. The highest BCUT2D eigenvalue weighted by atomic mass is 15.3. The Morgan fingerprint density at radius 1 is 0.471 bits per heavy atom. The van der Waals surface area contributed by atoms with Crippen molar-refractivity contribution < 1.29 is 0 Å². The van der Waals surface area contributed by atoms with Gasteiger partial charge in [-0.15, -0.1) is 0 Å². The minimum Gasteiger partial charge on any atom is -0.352 e. The third-order valence-electron chi connectivity index (χ3n) is 9.07. The van der Waals surface area contributed by atoms with Crippen molar-refractivity contribution in [3.8, 4) is 0 Å². The lowest BCUT2D eigenvalue weighted by atomic mass is 9.43. The molecule has 0 radical (unpaired) electrons. The van der Waals surface area contributed by atoms with Gasteiger partial charge in [-0.1, -0.05) is 109 Å². The Hall–Kier alpha value is -3.32. The zero-order valence-electron chi connectivity index (χ0n) is 19.6. The molecular formula is C33H31N. The van der Waals surface area contributed by atoms with Crippen molar-refractivity contribution in [2.75, 3.05) is 4.90 Å². The monoisotopic (exact) mass is 441 g/mol. The van der Waals surface area contributed by atoms with Gasteiger partial charge in [0, 0.05) is 11.1 Å². The summed E-state index contributed by atoms with van der Waals surface area (Å²) in [5.41, 5.74) is 6.00. The molecule has 34 heavy (non-hydrogen) atoms. The number of anilines is 1. The molecule has 0 amide bonds. The third-order valence-corrected chi connectivity index (χ3v) is 9.07. The predicted octanol–water partition coefficient (Wildman–Crippen LogP) is 7.83. The molecule has 2 atom stereocenters. The summed E-state index contributed by atoms with van der Waals surface area (Å²) >= 11 is 0. The molecule has 0 N–H and O–H groups in total. The molecule has 168 valence electrons. The van der Waals surface area contributed by atoms with Gasteiger partial charge in [0.2, 0.25) is 0 Å². The second kappa shape index (κ2) is 7.34. The second-order valence-corrected chi connectivity index (χ2v) is 10.9. The molecule has 2 heterocycles. The number of rotatable bonds is 4. The largest absolute Gasteiger partial charge is 0.352 e. The van der Waals surface area contributed by atoms with Crippen LogP contribution in [0.3, 0.4) is 0 Å². The van der Waals surface area contributed by atoms with Crippen molar-refractivity contribution in [3.63, 3.8) is 0 Å². The van der Waals surface area contributed by atoms with Crippen LogP contribution < -0.4 is 4.90 Å². The smallest absolute Gasteiger partial charge is 0.0674 e. The fourth-order valence-corrected chi connectivity index (χ4v) is 8.33. The van der Waals surface area contributed by atoms with Crippen LogP contribution in [-0.2, 0) is 16.5 Å². The van der Waals surface area contributed by atoms with Gasteiger partial charge in [-0.25, -0.2) is 0 Å². The highest BCUT2D eigenvalue weighted by molar-refractivity contribution is 5.61. The highest BCUT2D eigenvalue weighted by Gasteiger charge is 2.68. The molecule has 4 bridgehead atoms. The zero-order chi connectivity index (χ0) is 22.6. The van der Waals surface area contributed by atoms with Crippen LogP contribution in [0, 0.1) is 5.92 Å². The van der Waals surface area contributed by atoms with E-state index >= 15 is 0 Å². The van der Waals surface area contributed by atoms with E-state index in [1.54, 1.807) is 0 Å². The van der Waals surface area contributed by atoms with Gasteiger partial charge in [0.15, 0.2) is 0 Å². The van der Waals surface area contributed by atoms with Crippen LogP contribution in [0.4, 0.5) is 5.69 Å². The minimum absolute atomic E-state index is 0.0201. The molecule has 4 aromatic carbocycles. The minimum atomic E-state index is -0.0201. The van der Waals surface area contributed by atoms with Gasteiger partial charge in [0.1, 0.15) is 0 Å². The lowest BCUT2D eigenvalue weighted by molar-refractivity contribution is -0.0458. The van der Waals surface area contributed by atoms with Crippen molar-refractivity contribution in [1.82, 2.24) is 0 Å². The van der Waals surface area contributed by atoms with Crippen LogP contribution in [0.1, 0.15) is 48.8 Å². The van der Waals surface area contributed by atoms with Crippen molar-refractivity contribution in [2.45, 2.75) is 48.6 Å². The SMILES string of the molecule is c1ccc(N2C3(c4ccccc4)CC4CC(c5ccccc5)(C3)CC2(c2ccccc2)C4)cc1. The number of para-hydroxylation sites is 1. The molecule has 1 nitrogen and oxygen atoms in total. The fraction of sp³-hybridized carbons (Fsp3) is 0.273. The van der Waals surface area contributed by atoms with Crippen LogP contribution in [0.2, 0.25) is 0 Å². The Morgan fingerprint density at radius 3 is 1.35 bits per heavy atom. The van der Waals surface area contributed by atoms with E-state index in [4.69, 9.17) is 0 Å². The quantitative estimate of drug-likeness (QED) is 0.312. The van der Waals surface area contributed by atoms with Gasteiger partial charge in [0.05, 0.1) is 11.1 Å². The van der Waals surface area contributed by atoms with Gasteiger partial charge >= 0.3 is 0 Å². The second-order valence-electron chi connectivity index (χ2n) is 10.9. The first-order valence-electron chi connectivity index (χ1n) is 12.8. The average molecular weight is 442 g/mol. The third kappa shape index (κ3) is 2.73. The summed E-state index contributed by atoms with van der Waals surface area (Å²) in [6, 6.07) is 45.5. The van der Waals surface area contributed by atoms with Gasteiger partial charge in [-0.2, -0.15) is 0 Å². The van der Waals surface area contributed by atoms with E-state index in [0.29, 0.717) is 5.92 Å². The molecule has 0 aromatic heterocycles. The zero-order valence-corrected chi connectivity index (χ0v) is 19.6. The van der Waals surface area contributed by atoms with Crippen LogP contribution in [0.25, 0.3) is 0 Å². The number of benzene rings is 4. The van der Waals surface area contributed by atoms with E-state index in [1.807, 2.05) is 0 Å². The van der Waals surface area contributed by atoms with Crippen molar-refractivity contribution in [2.24, 2.45) is 5.92 Å². The molecule has 2 aliphatic heterocycles. The summed E-state index contributed by atoms with van der Waals surface area (Å²) in [4.78, 5) is 2.88. The van der Waals surface area contributed by atoms with E-state index in [9.17, 15) is 0 Å². The van der Waals surface area contributed by atoms with Gasteiger partial charge < -0.3 is 4.90 Å². The molecule has 0 spiro atoms. The Balaban J connectivity index is 1.54. The maximum atomic E-state index is 2.88. The number of nitrogens with zero attached hydrogens (tertiary/aromatic N) is 1. The summed E-state index contributed by atoms with van der Waals surface area (Å²) in [5.74, 6) is 0.711. The lowest BCUT2D eigenvalue weighted by Gasteiger charge is -2.73. The van der Waals surface area contributed by atoms with Crippen LogP contribution in [-0.4, -0.2) is 0 Å². The topological polar surface area (TPSA) is 3.24 Å². The summed E-state index contributed by atoms with van der Waals surface area (Å²) in [7, 11) is 0. The van der Waals surface area contributed by atoms with Gasteiger partial charge in [-0.3, -0.25) is 0 Å². The number of hydrogen-bond acceptors (Lipinski definition) is 1. The molecule has 8 rings (SSSR count). The van der Waals surface area contributed by atoms with Crippen molar-refractivity contribution in [3.05, 3.63) is 138 Å². The van der Waals surface area contributed by atoms with Crippen LogP contribution in [0.15, 0.2) is 121 Å². The molecule has 2 aliphatic carbocycles. The Labute approximate surface area is 203 Å². The standard InChI is InChI=1S/C33H31N/c1-5-13-27(14-6-1)31-21-26-22-32(24-31,28-15-7-2-8-16-28)34(30-19-11-4-12-20-30)33(23-26,25-31)29-17-9-3-10-18-29/h1-20,26H,21-25H2. The first-order chi connectivity index (χ1) is 16.7. The van der Waals surface area contributed by atoms with Crippen LogP contribution in [0.5, 0.6) is 0 Å². The van der Waals surface area contributed by atoms with E-state index in [0.717, 1.165) is 0 Å². The fourth-order valence-electron chi connectivity index (χ4n) is 8.33. The Bertz CT molecular complexity index is 1220. The van der Waals surface area contributed by atoms with Crippen LogP contribution >= 0.6 is 0 Å². The normalized spacial score (nSPS) is 31.5. The molecular weight excluding hydrogens is 410 g/mol. The number of piperidine rings is 2. The molecule has 2 saturated carbocycles. The first-order valence-corrected chi connectivity index (χ1v) is 12.8. The Morgan fingerprint density at radius 2 is 0.882 bits per heavy atom. The lowest BCUT2D eigenvalue weighted by Crippen LogP contribution is -2.73. The molecule has 2 unspecified atom stereocenters. The number of hydrogen-bond donors (Lipinski definition) is 0. The summed E-state index contributed by atoms with van der Waals surface area (Å²) in [5, 5.41) is 0. The summed E-state index contributed by atoms with van der Waals surface area (Å²) < 4.78 is 0. The summed E-state index contributed by atoms with van der Waals surface area (Å²) in [6.07, 6.45) is 6.12. The maximum absolute atomic E-state index is 2.88. The molecule has 1 heteroatoms. The van der Waals surface area contributed by atoms with E-state index in [1.165, 1.54) is 54.5 Å². The Kier molecular flexibility index (Phi) is 4.34. The first kappa shape index (κ1) is 20.1. The molecule has 2 saturated heterocycles. The van der Waals surface area contributed by atoms with Gasteiger partial charge in [0.25, 0.3) is 0 Å². The van der Waals surface area contributed by atoms with Crippen molar-refractivity contribution in [1.29, 1.82) is 0 Å². The summed E-state index contributed by atoms with van der Waals surface area (Å²) in [6.45, 7) is 0. The van der Waals surface area contributed by atoms with E-state index in [2.05, 4.69) is 126 Å². The molecule has 4 aliphatic rings. The highest BCUT2D eigenvalue weighted by Crippen LogP contribution is 2.71. The average Bonchev–Trinajstić information content (AvgIpc) is 2.90. The van der Waals surface area contributed by atoms with E-state index < -0.39 is 0 Å². The molecule has 4 aromatic rings. The van der Waals surface area contributed by atoms with E-state index in [-0.39, 0.29) is 16.5 Å². The van der Waals surface area contributed by atoms with Gasteiger partial charge in [-0.05, 0) is 66.8 Å². The van der Waals surface area contributed by atoms with Crippen molar-refractivity contribution >= 4 is 5.69 Å². The predicted molar refractivity (Wildman–Crippen MR) is 140 cm³/mol.